The van der Waals surface area contributed by atoms with Crippen molar-refractivity contribution in [2.75, 3.05) is 11.9 Å². The number of nitrogens with one attached hydrogen (secondary N) is 1. The minimum absolute atomic E-state index is 0.0438. The molecule has 0 radical (unpaired) electrons. The van der Waals surface area contributed by atoms with Gasteiger partial charge in [-0.1, -0.05) is 46.9 Å². The van der Waals surface area contributed by atoms with Gasteiger partial charge in [0.05, 0.1) is 6.61 Å². The summed E-state index contributed by atoms with van der Waals surface area (Å²) in [5.74, 6) is -0.323. The van der Waals surface area contributed by atoms with E-state index in [0.29, 0.717) is 28.1 Å². The zero-order valence-electron chi connectivity index (χ0n) is 13.0. The average molecular weight is 385 g/mol. The Balaban J connectivity index is 2.06. The summed E-state index contributed by atoms with van der Waals surface area (Å²) >= 11 is 18.6. The first-order valence-electron chi connectivity index (χ1n) is 7.67. The number of halogens is 3. The molecule has 0 saturated carbocycles. The first-order valence-corrected chi connectivity index (χ1v) is 8.80. The summed E-state index contributed by atoms with van der Waals surface area (Å²) < 4.78 is 5.17. The molecular formula is C18H16Cl3NO2. The SMILES string of the molecule is CCOC(=O)C1CC(c2ccc(Cl)cc2)c2c(Cl)cc(Cl)cc2N1. The van der Waals surface area contributed by atoms with Crippen molar-refractivity contribution in [2.24, 2.45) is 0 Å². The highest BCUT2D eigenvalue weighted by Crippen LogP contribution is 2.44. The highest BCUT2D eigenvalue weighted by molar-refractivity contribution is 6.35. The maximum atomic E-state index is 12.2. The summed E-state index contributed by atoms with van der Waals surface area (Å²) in [5, 5.41) is 4.96. The standard InChI is InChI=1S/C18H16Cl3NO2/c1-2-24-18(23)16-9-13(10-3-5-11(19)6-4-10)17-14(21)7-12(20)8-15(17)22-16/h3-8,13,16,22H,2,9H2,1H3. The largest absolute Gasteiger partial charge is 0.464 e. The zero-order valence-corrected chi connectivity index (χ0v) is 15.3. The van der Waals surface area contributed by atoms with E-state index in [1.165, 1.54) is 0 Å². The summed E-state index contributed by atoms with van der Waals surface area (Å²) in [4.78, 5) is 12.2. The molecule has 24 heavy (non-hydrogen) atoms. The molecule has 1 heterocycles. The highest BCUT2D eigenvalue weighted by Gasteiger charge is 2.34. The highest BCUT2D eigenvalue weighted by atomic mass is 35.5. The minimum Gasteiger partial charge on any atom is -0.464 e. The molecule has 0 aliphatic carbocycles. The van der Waals surface area contributed by atoms with E-state index in [0.717, 1.165) is 16.8 Å². The van der Waals surface area contributed by atoms with E-state index in [9.17, 15) is 4.79 Å². The number of anilines is 1. The Morgan fingerprint density at radius 2 is 1.88 bits per heavy atom. The van der Waals surface area contributed by atoms with Crippen molar-refractivity contribution in [2.45, 2.75) is 25.3 Å². The van der Waals surface area contributed by atoms with Gasteiger partial charge in [0.25, 0.3) is 0 Å². The van der Waals surface area contributed by atoms with Crippen LogP contribution in [-0.2, 0) is 9.53 Å². The fourth-order valence-corrected chi connectivity index (χ4v) is 3.81. The van der Waals surface area contributed by atoms with Crippen LogP contribution in [0.1, 0.15) is 30.4 Å². The Morgan fingerprint density at radius 3 is 2.54 bits per heavy atom. The third-order valence-electron chi connectivity index (χ3n) is 4.09. The summed E-state index contributed by atoms with van der Waals surface area (Å²) in [5.41, 5.74) is 2.74. The Labute approximate surface area is 155 Å². The molecule has 6 heteroatoms. The number of hydrogen-bond donors (Lipinski definition) is 1. The number of hydrogen-bond acceptors (Lipinski definition) is 3. The number of esters is 1. The van der Waals surface area contributed by atoms with Gasteiger partial charge >= 0.3 is 5.97 Å². The van der Waals surface area contributed by atoms with Gasteiger partial charge in [-0.05, 0) is 43.2 Å². The van der Waals surface area contributed by atoms with Gasteiger partial charge in [-0.15, -0.1) is 0 Å². The number of carbonyl (C=O) groups excluding carboxylic acids is 1. The Kier molecular flexibility index (Phi) is 5.24. The third kappa shape index (κ3) is 3.49. The van der Waals surface area contributed by atoms with Crippen LogP contribution < -0.4 is 5.32 Å². The predicted molar refractivity (Wildman–Crippen MR) is 98.4 cm³/mol. The van der Waals surface area contributed by atoms with Crippen LogP contribution in [0.25, 0.3) is 0 Å². The minimum atomic E-state index is -0.451. The molecule has 3 nitrogen and oxygen atoms in total. The smallest absolute Gasteiger partial charge is 0.328 e. The normalized spacial score (nSPS) is 19.3. The van der Waals surface area contributed by atoms with E-state index in [4.69, 9.17) is 39.5 Å². The van der Waals surface area contributed by atoms with Crippen molar-refractivity contribution in [3.63, 3.8) is 0 Å². The van der Waals surface area contributed by atoms with Crippen molar-refractivity contribution in [1.29, 1.82) is 0 Å². The quantitative estimate of drug-likeness (QED) is 0.707. The van der Waals surface area contributed by atoms with E-state index in [-0.39, 0.29) is 11.9 Å². The van der Waals surface area contributed by atoms with Crippen LogP contribution in [0.3, 0.4) is 0 Å². The molecule has 0 spiro atoms. The summed E-state index contributed by atoms with van der Waals surface area (Å²) in [6.07, 6.45) is 0.550. The number of benzene rings is 2. The summed E-state index contributed by atoms with van der Waals surface area (Å²) in [6.45, 7) is 2.13. The van der Waals surface area contributed by atoms with Gasteiger partial charge in [-0.25, -0.2) is 4.79 Å². The average Bonchev–Trinajstić information content (AvgIpc) is 2.54. The molecule has 2 unspecified atom stereocenters. The van der Waals surface area contributed by atoms with Crippen LogP contribution in [0.4, 0.5) is 5.69 Å². The van der Waals surface area contributed by atoms with Gasteiger partial charge in [-0.2, -0.15) is 0 Å². The van der Waals surface area contributed by atoms with Gasteiger partial charge in [0.1, 0.15) is 6.04 Å². The Bertz CT molecular complexity index is 762. The Hall–Kier alpha value is -1.42. The first-order chi connectivity index (χ1) is 11.5. The van der Waals surface area contributed by atoms with E-state index in [1.54, 1.807) is 19.1 Å². The van der Waals surface area contributed by atoms with Gasteiger partial charge in [-0.3, -0.25) is 0 Å². The van der Waals surface area contributed by atoms with E-state index in [1.807, 2.05) is 24.3 Å². The second kappa shape index (κ2) is 7.22. The lowest BCUT2D eigenvalue weighted by Crippen LogP contribution is -2.37. The van der Waals surface area contributed by atoms with E-state index < -0.39 is 6.04 Å². The molecule has 0 aromatic heterocycles. The van der Waals surface area contributed by atoms with Crippen LogP contribution in [0.15, 0.2) is 36.4 Å². The van der Waals surface area contributed by atoms with Crippen molar-refractivity contribution < 1.29 is 9.53 Å². The first kappa shape index (κ1) is 17.4. The van der Waals surface area contributed by atoms with E-state index in [2.05, 4.69) is 5.32 Å². The topological polar surface area (TPSA) is 38.3 Å². The lowest BCUT2D eigenvalue weighted by molar-refractivity contribution is -0.144. The van der Waals surface area contributed by atoms with Crippen LogP contribution >= 0.6 is 34.8 Å². The number of fused-ring (bicyclic) bond motifs is 1. The van der Waals surface area contributed by atoms with Gasteiger partial charge in [0.15, 0.2) is 0 Å². The van der Waals surface area contributed by atoms with Crippen molar-refractivity contribution >= 4 is 46.5 Å². The molecule has 1 N–H and O–H groups in total. The van der Waals surface area contributed by atoms with Crippen LogP contribution in [0, 0.1) is 0 Å². The van der Waals surface area contributed by atoms with Gasteiger partial charge in [0, 0.05) is 32.2 Å². The van der Waals surface area contributed by atoms with Gasteiger partial charge in [0.2, 0.25) is 0 Å². The molecule has 3 rings (SSSR count). The molecule has 0 bridgehead atoms. The lowest BCUT2D eigenvalue weighted by Gasteiger charge is -2.33. The lowest BCUT2D eigenvalue weighted by atomic mass is 9.82. The molecule has 126 valence electrons. The summed E-state index contributed by atoms with van der Waals surface area (Å²) in [7, 11) is 0. The maximum Gasteiger partial charge on any atom is 0.328 e. The third-order valence-corrected chi connectivity index (χ3v) is 4.87. The molecule has 2 atom stereocenters. The van der Waals surface area contributed by atoms with E-state index >= 15 is 0 Å². The Morgan fingerprint density at radius 1 is 1.17 bits per heavy atom. The molecule has 0 amide bonds. The zero-order chi connectivity index (χ0) is 17.3. The summed E-state index contributed by atoms with van der Waals surface area (Å²) in [6, 6.07) is 10.6. The van der Waals surface area contributed by atoms with Crippen LogP contribution in [0.5, 0.6) is 0 Å². The number of carbonyl (C=O) groups is 1. The van der Waals surface area contributed by atoms with Gasteiger partial charge < -0.3 is 10.1 Å². The monoisotopic (exact) mass is 383 g/mol. The predicted octanol–water partition coefficient (Wildman–Crippen LogP) is 5.53. The molecule has 1 aliphatic rings. The molecule has 2 aromatic rings. The maximum absolute atomic E-state index is 12.2. The fourth-order valence-electron chi connectivity index (χ4n) is 3.05. The molecule has 0 saturated heterocycles. The second-order valence-electron chi connectivity index (χ2n) is 5.64. The molecule has 2 aromatic carbocycles. The number of ether oxygens (including phenoxy) is 1. The van der Waals surface area contributed by atoms with Crippen LogP contribution in [0.2, 0.25) is 15.1 Å². The second-order valence-corrected chi connectivity index (χ2v) is 6.92. The van der Waals surface area contributed by atoms with Crippen molar-refractivity contribution in [3.05, 3.63) is 62.6 Å². The number of rotatable bonds is 3. The molecular weight excluding hydrogens is 369 g/mol. The van der Waals surface area contributed by atoms with Crippen molar-refractivity contribution in [3.8, 4) is 0 Å². The van der Waals surface area contributed by atoms with Crippen LogP contribution in [-0.4, -0.2) is 18.6 Å². The fraction of sp³-hybridized carbons (Fsp3) is 0.278. The molecule has 0 fully saturated rings. The molecule has 1 aliphatic heterocycles. The van der Waals surface area contributed by atoms with Crippen molar-refractivity contribution in [1.82, 2.24) is 0 Å².